The molecule has 0 aliphatic carbocycles. The van der Waals surface area contributed by atoms with Crippen molar-refractivity contribution >= 4 is 22.6 Å². The van der Waals surface area contributed by atoms with Crippen molar-refractivity contribution in [2.45, 2.75) is 19.4 Å². The predicted octanol–water partition coefficient (Wildman–Crippen LogP) is 4.70. The normalized spacial score (nSPS) is 12.0. The first-order valence-electron chi connectivity index (χ1n) is 6.69. The molecule has 0 fully saturated rings. The molecular weight excluding hydrogens is 308 g/mol. The van der Waals surface area contributed by atoms with Gasteiger partial charge in [-0.2, -0.15) is 5.10 Å². The summed E-state index contributed by atoms with van der Waals surface area (Å²) >= 11 is 5.88. The summed E-state index contributed by atoms with van der Waals surface area (Å²) in [5.41, 5.74) is 2.71. The van der Waals surface area contributed by atoms with Gasteiger partial charge in [0.1, 0.15) is 5.52 Å². The van der Waals surface area contributed by atoms with E-state index in [0.717, 1.165) is 23.5 Å². The maximum Gasteiger partial charge on any atom is 0.271 e. The van der Waals surface area contributed by atoms with Gasteiger partial charge in [0.2, 0.25) is 0 Å². The lowest BCUT2D eigenvalue weighted by atomic mass is 10.0. The smallest absolute Gasteiger partial charge is 0.263 e. The minimum Gasteiger partial charge on any atom is -0.263 e. The van der Waals surface area contributed by atoms with Gasteiger partial charge in [-0.1, -0.05) is 17.7 Å². The van der Waals surface area contributed by atoms with E-state index in [9.17, 15) is 8.78 Å². The molecule has 0 spiro atoms. The number of hydrogen-bond acceptors (Lipinski definition) is 2. The quantitative estimate of drug-likeness (QED) is 0.700. The lowest BCUT2D eigenvalue weighted by Gasteiger charge is -2.14. The zero-order valence-corrected chi connectivity index (χ0v) is 12.6. The van der Waals surface area contributed by atoms with E-state index in [1.165, 1.54) is 12.1 Å². The summed E-state index contributed by atoms with van der Waals surface area (Å²) in [5.74, 6) is -3.00. The molecule has 22 heavy (non-hydrogen) atoms. The van der Waals surface area contributed by atoms with Crippen molar-refractivity contribution in [2.75, 3.05) is 0 Å². The van der Waals surface area contributed by atoms with E-state index in [2.05, 4.69) is 17.0 Å². The van der Waals surface area contributed by atoms with E-state index >= 15 is 0 Å². The van der Waals surface area contributed by atoms with Gasteiger partial charge in [0.25, 0.3) is 5.92 Å². The maximum absolute atomic E-state index is 13.6. The number of halogens is 3. The van der Waals surface area contributed by atoms with E-state index in [-0.39, 0.29) is 10.6 Å². The molecular formula is C16H13ClF2N3. The number of nitrogens with zero attached hydrogens (tertiary/aromatic N) is 3. The van der Waals surface area contributed by atoms with Gasteiger partial charge in [0.15, 0.2) is 0 Å². The van der Waals surface area contributed by atoms with Gasteiger partial charge < -0.3 is 0 Å². The van der Waals surface area contributed by atoms with Crippen molar-refractivity contribution in [3.63, 3.8) is 0 Å². The zero-order chi connectivity index (χ0) is 15.9. The molecule has 2 heterocycles. The molecule has 6 heteroatoms. The van der Waals surface area contributed by atoms with Gasteiger partial charge in [0.05, 0.1) is 11.7 Å². The zero-order valence-electron chi connectivity index (χ0n) is 11.9. The summed E-state index contributed by atoms with van der Waals surface area (Å²) in [6.45, 7) is 5.09. The van der Waals surface area contributed by atoms with Crippen molar-refractivity contribution < 1.29 is 8.78 Å². The predicted molar refractivity (Wildman–Crippen MR) is 82.9 cm³/mol. The number of rotatable bonds is 3. The lowest BCUT2D eigenvalue weighted by Crippen LogP contribution is -2.07. The summed E-state index contributed by atoms with van der Waals surface area (Å²) in [6, 6.07) is 6.44. The van der Waals surface area contributed by atoms with Crippen LogP contribution in [0.15, 0.2) is 36.7 Å². The summed E-state index contributed by atoms with van der Waals surface area (Å²) in [6.07, 6.45) is 3.29. The average molecular weight is 321 g/mol. The number of pyridine rings is 1. The van der Waals surface area contributed by atoms with E-state index < -0.39 is 5.92 Å². The fourth-order valence-electron chi connectivity index (χ4n) is 2.33. The van der Waals surface area contributed by atoms with Crippen LogP contribution < -0.4 is 0 Å². The molecule has 0 atom stereocenters. The molecule has 0 unspecified atom stereocenters. The SMILES string of the molecule is [CH2]Cn1ncc2ncc(-c3ccc(Cl)c(C(C)(F)F)c3)cc21. The molecule has 0 saturated heterocycles. The van der Waals surface area contributed by atoms with Crippen molar-refractivity contribution in [2.24, 2.45) is 0 Å². The molecule has 0 N–H and O–H groups in total. The van der Waals surface area contributed by atoms with Gasteiger partial charge in [-0.25, -0.2) is 8.78 Å². The maximum atomic E-state index is 13.6. The van der Waals surface area contributed by atoms with Gasteiger partial charge in [-0.05, 0) is 30.7 Å². The Hall–Kier alpha value is -2.01. The molecule has 1 radical (unpaired) electrons. The standard InChI is InChI=1S/C16H13ClF2N3/c1-3-22-15-7-11(8-20-14(15)9-21-22)10-4-5-13(17)12(6-10)16(2,18)19/h4-9H,1,3H2,2H3. The Kier molecular flexibility index (Phi) is 3.60. The largest absolute Gasteiger partial charge is 0.271 e. The molecule has 3 nitrogen and oxygen atoms in total. The van der Waals surface area contributed by atoms with Crippen molar-refractivity contribution in [1.82, 2.24) is 14.8 Å². The van der Waals surface area contributed by atoms with E-state index in [4.69, 9.17) is 11.6 Å². The summed E-state index contributed by atoms with van der Waals surface area (Å²) < 4.78 is 28.9. The minimum atomic E-state index is -3.00. The number of benzene rings is 1. The Morgan fingerprint density at radius 3 is 2.68 bits per heavy atom. The first kappa shape index (κ1) is 14.9. The highest BCUT2D eigenvalue weighted by Crippen LogP contribution is 2.36. The fraction of sp³-hybridized carbons (Fsp3) is 0.188. The lowest BCUT2D eigenvalue weighted by molar-refractivity contribution is 0.0176. The van der Waals surface area contributed by atoms with Crippen molar-refractivity contribution in [1.29, 1.82) is 0 Å². The highest BCUT2D eigenvalue weighted by molar-refractivity contribution is 6.31. The molecule has 3 aromatic rings. The second kappa shape index (κ2) is 5.32. The van der Waals surface area contributed by atoms with E-state index in [0.29, 0.717) is 12.1 Å². The van der Waals surface area contributed by atoms with Crippen LogP contribution in [0.2, 0.25) is 5.02 Å². The third-order valence-electron chi connectivity index (χ3n) is 3.48. The van der Waals surface area contributed by atoms with Crippen LogP contribution in [-0.4, -0.2) is 14.8 Å². The van der Waals surface area contributed by atoms with Crippen LogP contribution in [0.5, 0.6) is 0 Å². The topological polar surface area (TPSA) is 30.7 Å². The third-order valence-corrected chi connectivity index (χ3v) is 3.81. The molecule has 3 rings (SSSR count). The molecule has 0 bridgehead atoms. The van der Waals surface area contributed by atoms with Crippen LogP contribution in [0.1, 0.15) is 12.5 Å². The summed E-state index contributed by atoms with van der Waals surface area (Å²) in [5, 5.41) is 4.22. The third kappa shape index (κ3) is 2.57. The van der Waals surface area contributed by atoms with Gasteiger partial charge in [-0.15, -0.1) is 0 Å². The van der Waals surface area contributed by atoms with Gasteiger partial charge >= 0.3 is 0 Å². The molecule has 0 aliphatic rings. The van der Waals surface area contributed by atoms with Crippen molar-refractivity contribution in [3.05, 3.63) is 54.2 Å². The molecule has 0 saturated carbocycles. The summed E-state index contributed by atoms with van der Waals surface area (Å²) in [7, 11) is 0. The molecule has 0 amide bonds. The number of aromatic nitrogens is 3. The highest BCUT2D eigenvalue weighted by atomic mass is 35.5. The van der Waals surface area contributed by atoms with Crippen molar-refractivity contribution in [3.8, 4) is 11.1 Å². The van der Waals surface area contributed by atoms with Crippen LogP contribution in [0.25, 0.3) is 22.2 Å². The molecule has 1 aromatic carbocycles. The van der Waals surface area contributed by atoms with E-state index in [1.807, 2.05) is 6.07 Å². The Labute approximate surface area is 131 Å². The fourth-order valence-corrected chi connectivity index (χ4v) is 2.62. The number of fused-ring (bicyclic) bond motifs is 1. The van der Waals surface area contributed by atoms with Gasteiger partial charge in [-0.3, -0.25) is 9.67 Å². The monoisotopic (exact) mass is 320 g/mol. The molecule has 113 valence electrons. The number of alkyl halides is 2. The highest BCUT2D eigenvalue weighted by Gasteiger charge is 2.27. The minimum absolute atomic E-state index is 0.0492. The Morgan fingerprint density at radius 1 is 1.23 bits per heavy atom. The second-order valence-electron chi connectivity index (χ2n) is 5.08. The average Bonchev–Trinajstić information content (AvgIpc) is 2.88. The molecule has 0 aliphatic heterocycles. The first-order chi connectivity index (χ1) is 10.4. The van der Waals surface area contributed by atoms with Crippen LogP contribution >= 0.6 is 11.6 Å². The first-order valence-corrected chi connectivity index (χ1v) is 7.07. The van der Waals surface area contributed by atoms with Crippen LogP contribution in [0.3, 0.4) is 0 Å². The van der Waals surface area contributed by atoms with Crippen LogP contribution in [0.4, 0.5) is 8.78 Å². The van der Waals surface area contributed by atoms with Crippen LogP contribution in [0, 0.1) is 6.92 Å². The summed E-state index contributed by atoms with van der Waals surface area (Å²) in [4.78, 5) is 4.31. The van der Waals surface area contributed by atoms with E-state index in [1.54, 1.807) is 23.1 Å². The molecule has 2 aromatic heterocycles. The second-order valence-corrected chi connectivity index (χ2v) is 5.49. The Balaban J connectivity index is 2.15. The Morgan fingerprint density at radius 2 is 2.00 bits per heavy atom. The number of hydrogen-bond donors (Lipinski definition) is 0. The Bertz CT molecular complexity index is 837. The van der Waals surface area contributed by atoms with Crippen LogP contribution in [-0.2, 0) is 12.5 Å². The van der Waals surface area contributed by atoms with Gasteiger partial charge in [0, 0.05) is 35.8 Å².